The van der Waals surface area contributed by atoms with Crippen LogP contribution in [0.4, 0.5) is 0 Å². The average Bonchev–Trinajstić information content (AvgIpc) is 2.91. The molecule has 0 aromatic heterocycles. The van der Waals surface area contributed by atoms with Gasteiger partial charge in [-0.1, -0.05) is 0 Å². The number of hydrogen-bond acceptors (Lipinski definition) is 5. The molecule has 2 rings (SSSR count). The number of amides is 1. The van der Waals surface area contributed by atoms with Gasteiger partial charge in [0.15, 0.2) is 0 Å². The summed E-state index contributed by atoms with van der Waals surface area (Å²) in [5.41, 5.74) is 2.40. The number of hydrogen-bond donors (Lipinski definition) is 4. The molecule has 4 N–H and O–H groups in total. The third-order valence-electron chi connectivity index (χ3n) is 2.89. The largest absolute Gasteiger partial charge is 0.508 e. The van der Waals surface area contributed by atoms with Gasteiger partial charge >= 0.3 is 0 Å². The summed E-state index contributed by atoms with van der Waals surface area (Å²) >= 11 is 0. The minimum absolute atomic E-state index is 0.0363. The highest BCUT2D eigenvalue weighted by Crippen LogP contribution is 2.10. The molecule has 19 heavy (non-hydrogen) atoms. The first-order chi connectivity index (χ1) is 8.99. The Morgan fingerprint density at radius 1 is 1.32 bits per heavy atom. The predicted molar refractivity (Wildman–Crippen MR) is 68.9 cm³/mol. The molecule has 0 saturated carbocycles. The molecule has 7 nitrogen and oxygen atoms in total. The molecule has 1 unspecified atom stereocenters. The number of carbonyl (C=O) groups is 1. The molecule has 0 radical (unpaired) electrons. The van der Waals surface area contributed by atoms with E-state index in [0.717, 1.165) is 0 Å². The average molecular weight is 285 g/mol. The summed E-state index contributed by atoms with van der Waals surface area (Å²) in [7, 11) is -3.57. The molecule has 104 valence electrons. The van der Waals surface area contributed by atoms with Crippen molar-refractivity contribution in [2.75, 3.05) is 13.1 Å². The number of hydrazine groups is 1. The van der Waals surface area contributed by atoms with Gasteiger partial charge in [-0.2, -0.15) is 0 Å². The summed E-state index contributed by atoms with van der Waals surface area (Å²) in [5, 5.41) is 11.5. The Labute approximate surface area is 111 Å². The second kappa shape index (κ2) is 5.55. The number of nitrogens with one attached hydrogen (secondary N) is 3. The van der Waals surface area contributed by atoms with Gasteiger partial charge in [-0.15, -0.1) is 4.83 Å². The lowest BCUT2D eigenvalue weighted by molar-refractivity contribution is 0.0945. The van der Waals surface area contributed by atoms with Crippen LogP contribution in [0.5, 0.6) is 5.75 Å². The molecule has 1 fully saturated rings. The third-order valence-corrected chi connectivity index (χ3v) is 4.56. The van der Waals surface area contributed by atoms with Crippen LogP contribution >= 0.6 is 0 Å². The zero-order chi connectivity index (χ0) is 13.9. The van der Waals surface area contributed by atoms with Crippen molar-refractivity contribution in [3.63, 3.8) is 0 Å². The summed E-state index contributed by atoms with van der Waals surface area (Å²) in [5.74, 6) is -0.538. The smallest absolute Gasteiger partial charge is 0.266 e. The maximum atomic E-state index is 11.8. The van der Waals surface area contributed by atoms with Crippen molar-refractivity contribution in [1.29, 1.82) is 0 Å². The van der Waals surface area contributed by atoms with Gasteiger partial charge in [-0.25, -0.2) is 8.42 Å². The highest BCUT2D eigenvalue weighted by Gasteiger charge is 2.28. The maximum absolute atomic E-state index is 11.8. The van der Waals surface area contributed by atoms with Gasteiger partial charge in [0.2, 0.25) is 10.0 Å². The molecule has 1 aromatic carbocycles. The minimum atomic E-state index is -3.57. The van der Waals surface area contributed by atoms with Crippen LogP contribution in [-0.2, 0) is 10.0 Å². The van der Waals surface area contributed by atoms with Crippen molar-refractivity contribution in [2.45, 2.75) is 11.7 Å². The predicted octanol–water partition coefficient (Wildman–Crippen LogP) is -0.682. The molecule has 1 heterocycles. The Hall–Kier alpha value is -1.64. The minimum Gasteiger partial charge on any atom is -0.508 e. The SMILES string of the molecule is O=C(NNS(=O)(=O)C1CCNC1)c1ccc(O)cc1. The molecule has 8 heteroatoms. The first-order valence-corrected chi connectivity index (χ1v) is 7.34. The molecule has 1 amide bonds. The number of phenolic OH excluding ortho intramolecular Hbond substituents is 1. The van der Waals surface area contributed by atoms with Crippen LogP contribution in [0.3, 0.4) is 0 Å². The Balaban J connectivity index is 1.94. The van der Waals surface area contributed by atoms with E-state index in [0.29, 0.717) is 19.5 Å². The Kier molecular flexibility index (Phi) is 4.03. The van der Waals surface area contributed by atoms with Crippen LogP contribution in [0.1, 0.15) is 16.8 Å². The van der Waals surface area contributed by atoms with Crippen molar-refractivity contribution in [1.82, 2.24) is 15.6 Å². The van der Waals surface area contributed by atoms with Crippen LogP contribution in [0, 0.1) is 0 Å². The van der Waals surface area contributed by atoms with Crippen molar-refractivity contribution in [2.24, 2.45) is 0 Å². The Morgan fingerprint density at radius 2 is 2.00 bits per heavy atom. The summed E-state index contributed by atoms with van der Waals surface area (Å²) in [4.78, 5) is 13.8. The van der Waals surface area contributed by atoms with Gasteiger partial charge in [0.05, 0.1) is 5.25 Å². The van der Waals surface area contributed by atoms with E-state index in [1.54, 1.807) is 0 Å². The lowest BCUT2D eigenvalue weighted by atomic mass is 10.2. The molecular weight excluding hydrogens is 270 g/mol. The van der Waals surface area contributed by atoms with Crippen LogP contribution < -0.4 is 15.6 Å². The molecule has 0 spiro atoms. The number of benzene rings is 1. The topological polar surface area (TPSA) is 108 Å². The zero-order valence-corrected chi connectivity index (χ0v) is 10.9. The first-order valence-electron chi connectivity index (χ1n) is 5.80. The van der Waals surface area contributed by atoms with E-state index in [9.17, 15) is 13.2 Å². The van der Waals surface area contributed by atoms with E-state index in [2.05, 4.69) is 15.6 Å². The molecule has 0 bridgehead atoms. The molecule has 1 atom stereocenters. The monoisotopic (exact) mass is 285 g/mol. The fourth-order valence-electron chi connectivity index (χ4n) is 1.78. The van der Waals surface area contributed by atoms with Crippen LogP contribution in [0.25, 0.3) is 0 Å². The Bertz CT molecular complexity index is 550. The van der Waals surface area contributed by atoms with E-state index in [4.69, 9.17) is 5.11 Å². The fourth-order valence-corrected chi connectivity index (χ4v) is 2.95. The summed E-state index contributed by atoms with van der Waals surface area (Å²) < 4.78 is 23.6. The summed E-state index contributed by atoms with van der Waals surface area (Å²) in [6.45, 7) is 1.03. The molecule has 0 aliphatic carbocycles. The van der Waals surface area contributed by atoms with E-state index < -0.39 is 21.2 Å². The second-order valence-corrected chi connectivity index (χ2v) is 6.22. The van der Waals surface area contributed by atoms with E-state index in [1.165, 1.54) is 24.3 Å². The van der Waals surface area contributed by atoms with Gasteiger partial charge in [0.25, 0.3) is 5.91 Å². The quantitative estimate of drug-likeness (QED) is 0.548. The Morgan fingerprint density at radius 3 is 2.58 bits per heavy atom. The zero-order valence-electron chi connectivity index (χ0n) is 10.1. The number of rotatable bonds is 4. The standard InChI is InChI=1S/C11H15N3O4S/c15-9-3-1-8(2-4-9)11(16)13-14-19(17,18)10-5-6-12-7-10/h1-4,10,12,14-15H,5-7H2,(H,13,16). The molecular formula is C11H15N3O4S. The van der Waals surface area contributed by atoms with Gasteiger partial charge < -0.3 is 10.4 Å². The van der Waals surface area contributed by atoms with E-state index in [-0.39, 0.29) is 11.3 Å². The first kappa shape index (κ1) is 13.8. The van der Waals surface area contributed by atoms with Crippen molar-refractivity contribution in [3.05, 3.63) is 29.8 Å². The fraction of sp³-hybridized carbons (Fsp3) is 0.364. The summed E-state index contributed by atoms with van der Waals surface area (Å²) in [6, 6.07) is 5.50. The van der Waals surface area contributed by atoms with Crippen LogP contribution in [0.15, 0.2) is 24.3 Å². The van der Waals surface area contributed by atoms with E-state index in [1.807, 2.05) is 0 Å². The molecule has 1 aliphatic heterocycles. The van der Waals surface area contributed by atoms with Gasteiger partial charge in [-0.3, -0.25) is 10.2 Å². The van der Waals surface area contributed by atoms with Crippen LogP contribution in [-0.4, -0.2) is 37.8 Å². The van der Waals surface area contributed by atoms with Gasteiger partial charge in [-0.05, 0) is 37.2 Å². The van der Waals surface area contributed by atoms with Crippen molar-refractivity contribution < 1.29 is 18.3 Å². The second-order valence-electron chi connectivity index (χ2n) is 4.26. The normalized spacial score (nSPS) is 19.3. The van der Waals surface area contributed by atoms with Gasteiger partial charge in [0.1, 0.15) is 5.75 Å². The third kappa shape index (κ3) is 3.43. The van der Waals surface area contributed by atoms with Crippen molar-refractivity contribution >= 4 is 15.9 Å². The number of sulfonamides is 1. The van der Waals surface area contributed by atoms with Gasteiger partial charge in [0, 0.05) is 12.1 Å². The lowest BCUT2D eigenvalue weighted by Crippen LogP contribution is -2.46. The van der Waals surface area contributed by atoms with Crippen LogP contribution in [0.2, 0.25) is 0 Å². The maximum Gasteiger partial charge on any atom is 0.266 e. The lowest BCUT2D eigenvalue weighted by Gasteiger charge is -2.12. The molecule has 1 aromatic rings. The highest BCUT2D eigenvalue weighted by atomic mass is 32.2. The number of phenols is 1. The molecule has 1 aliphatic rings. The summed E-state index contributed by atoms with van der Waals surface area (Å²) in [6.07, 6.45) is 0.518. The van der Waals surface area contributed by atoms with E-state index >= 15 is 0 Å². The number of carbonyl (C=O) groups excluding carboxylic acids is 1. The molecule has 1 saturated heterocycles. The highest BCUT2D eigenvalue weighted by molar-refractivity contribution is 7.90. The van der Waals surface area contributed by atoms with Crippen molar-refractivity contribution in [3.8, 4) is 5.75 Å². The number of aromatic hydroxyl groups is 1.